The van der Waals surface area contributed by atoms with Gasteiger partial charge in [0.05, 0.1) is 51.8 Å². The molecule has 1 fully saturated rings. The van der Waals surface area contributed by atoms with Crippen molar-refractivity contribution in [3.05, 3.63) is 0 Å². The maximum atomic E-state index is 5.83. The minimum Gasteiger partial charge on any atom is -0.378 e. The van der Waals surface area contributed by atoms with Crippen molar-refractivity contribution in [1.82, 2.24) is 4.90 Å². The second-order valence-electron chi connectivity index (χ2n) is 5.01. The molecule has 0 N–H and O–H groups in total. The molecule has 0 aliphatic carbocycles. The topological polar surface area (TPSA) is 40.2 Å². The lowest BCUT2D eigenvalue weighted by molar-refractivity contribution is -0.0904. The summed E-state index contributed by atoms with van der Waals surface area (Å²) < 4.78 is 22.5. The molecule has 0 aromatic rings. The zero-order valence-corrected chi connectivity index (χ0v) is 13.6. The summed E-state index contributed by atoms with van der Waals surface area (Å²) >= 11 is 3.47. The molecule has 1 aliphatic heterocycles. The first-order valence-corrected chi connectivity index (χ1v) is 7.90. The van der Waals surface area contributed by atoms with E-state index >= 15 is 0 Å². The lowest BCUT2D eigenvalue weighted by atomic mass is 10.1. The molecule has 0 amide bonds. The van der Waals surface area contributed by atoms with Crippen LogP contribution in [0.3, 0.4) is 0 Å². The van der Waals surface area contributed by atoms with Gasteiger partial charge in [0.2, 0.25) is 0 Å². The van der Waals surface area contributed by atoms with E-state index in [9.17, 15) is 0 Å². The van der Waals surface area contributed by atoms with Crippen LogP contribution in [0.4, 0.5) is 0 Å². The van der Waals surface area contributed by atoms with Gasteiger partial charge in [-0.25, -0.2) is 0 Å². The Kier molecular flexibility index (Phi) is 9.19. The Balaban J connectivity index is 2.34. The van der Waals surface area contributed by atoms with Crippen molar-refractivity contribution >= 4 is 15.9 Å². The molecule has 0 aromatic heterocycles. The van der Waals surface area contributed by atoms with Crippen LogP contribution in [0.1, 0.15) is 6.92 Å². The van der Waals surface area contributed by atoms with Crippen molar-refractivity contribution in [1.29, 1.82) is 0 Å². The zero-order valence-electron chi connectivity index (χ0n) is 12.0. The van der Waals surface area contributed by atoms with E-state index in [0.717, 1.165) is 31.6 Å². The van der Waals surface area contributed by atoms with Crippen molar-refractivity contribution in [2.75, 3.05) is 71.7 Å². The minimum atomic E-state index is -0.305. The molecular weight excluding hydrogens is 314 g/mol. The summed E-state index contributed by atoms with van der Waals surface area (Å²) in [6.45, 7) is 8.31. The summed E-state index contributed by atoms with van der Waals surface area (Å²) in [5.74, 6) is 0. The van der Waals surface area contributed by atoms with Crippen LogP contribution in [-0.2, 0) is 18.9 Å². The van der Waals surface area contributed by atoms with E-state index < -0.39 is 0 Å². The van der Waals surface area contributed by atoms with Gasteiger partial charge in [0.15, 0.2) is 0 Å². The van der Waals surface area contributed by atoms with Gasteiger partial charge in [0.25, 0.3) is 0 Å². The van der Waals surface area contributed by atoms with E-state index in [1.165, 1.54) is 0 Å². The number of rotatable bonds is 1. The van der Waals surface area contributed by atoms with Crippen LogP contribution >= 0.6 is 15.9 Å². The van der Waals surface area contributed by atoms with E-state index in [1.54, 1.807) is 0 Å². The van der Waals surface area contributed by atoms with Gasteiger partial charge in [-0.1, -0.05) is 15.9 Å². The number of alkyl halides is 1. The summed E-state index contributed by atoms with van der Waals surface area (Å²) in [5, 5.41) is 0.740. The molecule has 0 bridgehead atoms. The van der Waals surface area contributed by atoms with Gasteiger partial charge < -0.3 is 23.8 Å². The second kappa shape index (κ2) is 10.1. The maximum absolute atomic E-state index is 5.83. The van der Waals surface area contributed by atoms with E-state index in [2.05, 4.69) is 27.9 Å². The Labute approximate surface area is 124 Å². The first-order chi connectivity index (χ1) is 9.16. The molecule has 5 nitrogen and oxygen atoms in total. The highest BCUT2D eigenvalue weighted by Gasteiger charge is 2.24. The number of hydrogen-bond donors (Lipinski definition) is 0. The van der Waals surface area contributed by atoms with Crippen LogP contribution in [0.5, 0.6) is 0 Å². The fraction of sp³-hybridized carbons (Fsp3) is 1.00. The van der Waals surface area contributed by atoms with Gasteiger partial charge in [0.1, 0.15) is 0 Å². The van der Waals surface area contributed by atoms with Crippen LogP contribution in [0, 0.1) is 0 Å². The lowest BCUT2D eigenvalue weighted by Gasteiger charge is -2.27. The number of halogens is 1. The molecule has 0 radical (unpaired) electrons. The Hall–Kier alpha value is 0.280. The van der Waals surface area contributed by atoms with Gasteiger partial charge in [-0.2, -0.15) is 0 Å². The van der Waals surface area contributed by atoms with Gasteiger partial charge in [-0.3, -0.25) is 0 Å². The van der Waals surface area contributed by atoms with Crippen LogP contribution in [0.2, 0.25) is 0 Å². The highest BCUT2D eigenvalue weighted by molar-refractivity contribution is 9.09. The highest BCUT2D eigenvalue weighted by Crippen LogP contribution is 2.14. The number of nitrogens with zero attached hydrogens (tertiary/aromatic N) is 1. The largest absolute Gasteiger partial charge is 0.378 e. The molecule has 0 spiro atoms. The molecule has 114 valence electrons. The summed E-state index contributed by atoms with van der Waals surface area (Å²) in [4.78, 5) is 2.20. The monoisotopic (exact) mass is 339 g/mol. The van der Waals surface area contributed by atoms with Gasteiger partial charge in [-0.15, -0.1) is 0 Å². The fourth-order valence-electron chi connectivity index (χ4n) is 1.63. The molecule has 1 atom stereocenters. The first kappa shape index (κ1) is 17.3. The standard InChI is InChI=1S/C13H26BrNO4/c1-13(11-14)12-18-8-7-16-5-3-15(2)4-6-17-9-10-19-13/h3-12H2,1-2H3. The predicted molar refractivity (Wildman–Crippen MR) is 78.1 cm³/mol. The maximum Gasteiger partial charge on any atom is 0.0984 e. The van der Waals surface area contributed by atoms with Gasteiger partial charge in [-0.05, 0) is 14.0 Å². The summed E-state index contributed by atoms with van der Waals surface area (Å²) in [6.07, 6.45) is 0. The quantitative estimate of drug-likeness (QED) is 0.670. The summed E-state index contributed by atoms with van der Waals surface area (Å²) in [7, 11) is 2.07. The van der Waals surface area contributed by atoms with Crippen LogP contribution in [0.15, 0.2) is 0 Å². The molecule has 1 rings (SSSR count). The van der Waals surface area contributed by atoms with E-state index in [4.69, 9.17) is 18.9 Å². The van der Waals surface area contributed by atoms with E-state index in [-0.39, 0.29) is 5.60 Å². The SMILES string of the molecule is CN1CCOCCOCC(C)(CBr)OCCOCC1. The average molecular weight is 340 g/mol. The molecular formula is C13H26BrNO4. The predicted octanol–water partition coefficient (Wildman–Crippen LogP) is 1.15. The van der Waals surface area contributed by atoms with Crippen molar-refractivity contribution in [3.8, 4) is 0 Å². The van der Waals surface area contributed by atoms with Crippen molar-refractivity contribution < 1.29 is 18.9 Å². The van der Waals surface area contributed by atoms with E-state index in [0.29, 0.717) is 33.0 Å². The Morgan fingerprint density at radius 3 is 2.16 bits per heavy atom. The molecule has 0 saturated carbocycles. The van der Waals surface area contributed by atoms with Crippen LogP contribution < -0.4 is 0 Å². The van der Waals surface area contributed by atoms with Gasteiger partial charge >= 0.3 is 0 Å². The Morgan fingerprint density at radius 1 is 0.947 bits per heavy atom. The molecule has 1 heterocycles. The average Bonchev–Trinajstić information content (AvgIpc) is 2.41. The molecule has 6 heteroatoms. The van der Waals surface area contributed by atoms with Gasteiger partial charge in [0, 0.05) is 18.4 Å². The molecule has 1 unspecified atom stereocenters. The second-order valence-corrected chi connectivity index (χ2v) is 5.57. The van der Waals surface area contributed by atoms with E-state index in [1.807, 2.05) is 6.92 Å². The van der Waals surface area contributed by atoms with Crippen molar-refractivity contribution in [3.63, 3.8) is 0 Å². The molecule has 1 saturated heterocycles. The van der Waals surface area contributed by atoms with Crippen molar-refractivity contribution in [2.45, 2.75) is 12.5 Å². The third-order valence-corrected chi connectivity index (χ3v) is 4.16. The number of hydrogen-bond acceptors (Lipinski definition) is 5. The first-order valence-electron chi connectivity index (χ1n) is 6.78. The summed E-state index contributed by atoms with van der Waals surface area (Å²) in [5.41, 5.74) is -0.305. The number of likely N-dealkylation sites (N-methyl/N-ethyl adjacent to an activating group) is 1. The normalized spacial score (nSPS) is 30.5. The fourth-order valence-corrected chi connectivity index (χ4v) is 1.95. The number of ether oxygens (including phenoxy) is 4. The van der Waals surface area contributed by atoms with Crippen molar-refractivity contribution in [2.24, 2.45) is 0 Å². The minimum absolute atomic E-state index is 0.305. The smallest absolute Gasteiger partial charge is 0.0984 e. The van der Waals surface area contributed by atoms with Crippen LogP contribution in [-0.4, -0.2) is 82.2 Å². The Morgan fingerprint density at radius 2 is 1.53 bits per heavy atom. The third kappa shape index (κ3) is 8.22. The molecule has 0 aromatic carbocycles. The lowest BCUT2D eigenvalue weighted by Crippen LogP contribution is -2.38. The summed E-state index contributed by atoms with van der Waals surface area (Å²) in [6, 6.07) is 0. The molecule has 19 heavy (non-hydrogen) atoms. The Bertz CT molecular complexity index is 233. The van der Waals surface area contributed by atoms with Crippen LogP contribution in [0.25, 0.3) is 0 Å². The molecule has 1 aliphatic rings. The zero-order chi connectivity index (χ0) is 14.0. The highest BCUT2D eigenvalue weighted by atomic mass is 79.9. The third-order valence-electron chi connectivity index (χ3n) is 2.97.